The molecule has 0 radical (unpaired) electrons. The van der Waals surface area contributed by atoms with Gasteiger partial charge in [0.05, 0.1) is 17.7 Å². The van der Waals surface area contributed by atoms with Gasteiger partial charge in [-0.25, -0.2) is 9.97 Å². The first kappa shape index (κ1) is 23.6. The molecule has 35 heavy (non-hydrogen) atoms. The third-order valence-corrected chi connectivity index (χ3v) is 6.04. The van der Waals surface area contributed by atoms with Crippen LogP contribution in [0.3, 0.4) is 0 Å². The van der Waals surface area contributed by atoms with E-state index in [0.29, 0.717) is 27.9 Å². The highest BCUT2D eigenvalue weighted by molar-refractivity contribution is 7.09. The first-order valence-corrected chi connectivity index (χ1v) is 11.5. The minimum atomic E-state index is -1.00. The third kappa shape index (κ3) is 5.50. The minimum Gasteiger partial charge on any atom is -0.381 e. The van der Waals surface area contributed by atoms with Gasteiger partial charge in [-0.1, -0.05) is 0 Å². The number of rotatable bonds is 7. The molecule has 172 valence electrons. The zero-order valence-corrected chi connectivity index (χ0v) is 19.8. The van der Waals surface area contributed by atoms with Crippen molar-refractivity contribution in [2.45, 2.75) is 20.0 Å². The number of hydrogen-bond donors (Lipinski definition) is 3. The lowest BCUT2D eigenvalue weighted by atomic mass is 10.0. The monoisotopic (exact) mass is 479 g/mol. The van der Waals surface area contributed by atoms with Gasteiger partial charge in [-0.15, -0.1) is 11.3 Å². The SMILES string of the molecule is Cc1cc(C=CC#N)cc(C)c1Nc1nc(Nc2ccc(C#N)cc2)ncc1C(O)c1nccs1. The molecule has 0 aliphatic rings. The molecule has 1 atom stereocenters. The molecule has 0 aliphatic heterocycles. The van der Waals surface area contributed by atoms with Gasteiger partial charge >= 0.3 is 0 Å². The van der Waals surface area contributed by atoms with E-state index in [4.69, 9.17) is 10.5 Å². The van der Waals surface area contributed by atoms with Crippen LogP contribution in [0.2, 0.25) is 0 Å². The van der Waals surface area contributed by atoms with Gasteiger partial charge in [-0.2, -0.15) is 15.5 Å². The molecule has 0 bridgehead atoms. The lowest BCUT2D eigenvalue weighted by Gasteiger charge is -2.18. The van der Waals surface area contributed by atoms with Crippen molar-refractivity contribution in [1.82, 2.24) is 15.0 Å². The number of aryl methyl sites for hydroxylation is 2. The third-order valence-electron chi connectivity index (χ3n) is 5.22. The fourth-order valence-corrected chi connectivity index (χ4v) is 4.19. The Morgan fingerprint density at radius 2 is 1.80 bits per heavy atom. The highest BCUT2D eigenvalue weighted by Gasteiger charge is 2.21. The Labute approximate surface area is 206 Å². The van der Waals surface area contributed by atoms with E-state index in [2.05, 4.69) is 31.7 Å². The van der Waals surface area contributed by atoms with Crippen LogP contribution in [0.5, 0.6) is 0 Å². The Morgan fingerprint density at radius 1 is 1.06 bits per heavy atom. The van der Waals surface area contributed by atoms with Gasteiger partial charge in [-0.05, 0) is 73.0 Å². The van der Waals surface area contributed by atoms with E-state index in [9.17, 15) is 5.11 Å². The molecule has 0 saturated carbocycles. The molecular weight excluding hydrogens is 458 g/mol. The number of nitriles is 2. The molecule has 0 aliphatic carbocycles. The van der Waals surface area contributed by atoms with Crippen LogP contribution in [0.25, 0.3) is 6.08 Å². The maximum Gasteiger partial charge on any atom is 0.229 e. The molecule has 0 fully saturated rings. The molecule has 4 aromatic rings. The fourth-order valence-electron chi connectivity index (χ4n) is 3.55. The van der Waals surface area contributed by atoms with Gasteiger partial charge in [0.1, 0.15) is 16.9 Å². The zero-order chi connectivity index (χ0) is 24.8. The Bertz CT molecular complexity index is 1430. The summed E-state index contributed by atoms with van der Waals surface area (Å²) in [5, 5.41) is 37.7. The average Bonchev–Trinajstić information content (AvgIpc) is 3.40. The van der Waals surface area contributed by atoms with Crippen LogP contribution in [0.1, 0.15) is 38.9 Å². The second-order valence-corrected chi connectivity index (χ2v) is 8.63. The van der Waals surface area contributed by atoms with E-state index >= 15 is 0 Å². The van der Waals surface area contributed by atoms with E-state index in [1.165, 1.54) is 17.4 Å². The summed E-state index contributed by atoms with van der Waals surface area (Å²) in [5.74, 6) is 0.765. The van der Waals surface area contributed by atoms with Gasteiger partial charge in [0.2, 0.25) is 5.95 Å². The normalized spacial score (nSPS) is 11.6. The van der Waals surface area contributed by atoms with Crippen LogP contribution in [0.4, 0.5) is 23.1 Å². The van der Waals surface area contributed by atoms with Crippen LogP contribution in [-0.2, 0) is 0 Å². The molecule has 0 spiro atoms. The quantitative estimate of drug-likeness (QED) is 0.295. The van der Waals surface area contributed by atoms with Crippen molar-refractivity contribution in [3.63, 3.8) is 0 Å². The molecule has 0 amide bonds. The van der Waals surface area contributed by atoms with Crippen LogP contribution < -0.4 is 10.6 Å². The summed E-state index contributed by atoms with van der Waals surface area (Å²) in [6.07, 6.45) is 5.41. The van der Waals surface area contributed by atoms with E-state index < -0.39 is 6.10 Å². The van der Waals surface area contributed by atoms with Crippen molar-refractivity contribution in [2.24, 2.45) is 0 Å². The molecule has 8 nitrogen and oxygen atoms in total. The van der Waals surface area contributed by atoms with E-state index in [1.54, 1.807) is 48.1 Å². The molecule has 0 saturated heterocycles. The van der Waals surface area contributed by atoms with Gasteiger partial charge in [0.15, 0.2) is 0 Å². The maximum atomic E-state index is 11.0. The summed E-state index contributed by atoms with van der Waals surface area (Å²) in [5.41, 5.74) is 5.44. The molecular formula is C26H21N7OS. The Balaban J connectivity index is 1.72. The smallest absolute Gasteiger partial charge is 0.229 e. The Kier molecular flexibility index (Phi) is 7.12. The Hall–Kier alpha value is -4.57. The number of allylic oxidation sites excluding steroid dienone is 1. The number of nitrogens with zero attached hydrogens (tertiary/aromatic N) is 5. The molecule has 2 aromatic carbocycles. The standard InChI is InChI=1S/C26H21N7OS/c1-16-12-19(4-3-9-27)13-17(2)22(16)32-24-21(23(34)25-29-10-11-35-25)15-30-26(33-24)31-20-7-5-18(14-28)6-8-20/h3-8,10-13,15,23,34H,1-2H3,(H2,30,31,32,33). The predicted octanol–water partition coefficient (Wildman–Crippen LogP) is 5.53. The van der Waals surface area contributed by atoms with Crippen LogP contribution >= 0.6 is 11.3 Å². The molecule has 1 unspecified atom stereocenters. The van der Waals surface area contributed by atoms with Crippen LogP contribution in [0, 0.1) is 36.5 Å². The lowest BCUT2D eigenvalue weighted by Crippen LogP contribution is -2.10. The van der Waals surface area contributed by atoms with E-state index in [0.717, 1.165) is 28.1 Å². The lowest BCUT2D eigenvalue weighted by molar-refractivity contribution is 0.219. The van der Waals surface area contributed by atoms with Gasteiger partial charge < -0.3 is 15.7 Å². The largest absolute Gasteiger partial charge is 0.381 e. The van der Waals surface area contributed by atoms with E-state index in [1.807, 2.05) is 32.0 Å². The molecule has 2 heterocycles. The maximum absolute atomic E-state index is 11.0. The molecule has 4 rings (SSSR count). The van der Waals surface area contributed by atoms with Crippen LogP contribution in [-0.4, -0.2) is 20.1 Å². The molecule has 2 aromatic heterocycles. The van der Waals surface area contributed by atoms with Gasteiger partial charge in [0.25, 0.3) is 0 Å². The van der Waals surface area contributed by atoms with Crippen molar-refractivity contribution in [2.75, 3.05) is 10.6 Å². The van der Waals surface area contributed by atoms with Gasteiger partial charge in [0, 0.05) is 40.8 Å². The fraction of sp³-hybridized carbons (Fsp3) is 0.115. The number of aromatic nitrogens is 3. The predicted molar refractivity (Wildman–Crippen MR) is 136 cm³/mol. The summed E-state index contributed by atoms with van der Waals surface area (Å²) >= 11 is 1.35. The van der Waals surface area contributed by atoms with Crippen molar-refractivity contribution in [1.29, 1.82) is 10.5 Å². The molecule has 9 heteroatoms. The summed E-state index contributed by atoms with van der Waals surface area (Å²) in [7, 11) is 0. The van der Waals surface area contributed by atoms with Crippen LogP contribution in [0.15, 0.2) is 60.2 Å². The number of aliphatic hydroxyl groups excluding tert-OH is 1. The second-order valence-electron chi connectivity index (χ2n) is 7.70. The number of nitrogens with one attached hydrogen (secondary N) is 2. The molecule has 3 N–H and O–H groups in total. The summed E-state index contributed by atoms with van der Waals surface area (Å²) in [6.45, 7) is 3.93. The highest BCUT2D eigenvalue weighted by Crippen LogP contribution is 2.33. The van der Waals surface area contributed by atoms with Gasteiger partial charge in [-0.3, -0.25) is 0 Å². The number of anilines is 4. The second kappa shape index (κ2) is 10.6. The van der Waals surface area contributed by atoms with Crippen molar-refractivity contribution < 1.29 is 5.11 Å². The summed E-state index contributed by atoms with van der Waals surface area (Å²) in [4.78, 5) is 13.3. The number of benzene rings is 2. The Morgan fingerprint density at radius 3 is 2.43 bits per heavy atom. The van der Waals surface area contributed by atoms with Crippen molar-refractivity contribution in [3.8, 4) is 12.1 Å². The van der Waals surface area contributed by atoms with E-state index in [-0.39, 0.29) is 0 Å². The number of hydrogen-bond acceptors (Lipinski definition) is 9. The number of aliphatic hydroxyl groups is 1. The zero-order valence-electron chi connectivity index (χ0n) is 19.0. The first-order valence-electron chi connectivity index (χ1n) is 10.6. The minimum absolute atomic E-state index is 0.330. The summed E-state index contributed by atoms with van der Waals surface area (Å²) < 4.78 is 0. The first-order chi connectivity index (χ1) is 17.0. The average molecular weight is 480 g/mol. The number of thiazole rings is 1. The highest BCUT2D eigenvalue weighted by atomic mass is 32.1. The summed E-state index contributed by atoms with van der Waals surface area (Å²) in [6, 6.07) is 15.0. The van der Waals surface area contributed by atoms with Crippen molar-refractivity contribution in [3.05, 3.63) is 93.1 Å². The van der Waals surface area contributed by atoms with Crippen molar-refractivity contribution >= 4 is 40.6 Å². The topological polar surface area (TPSA) is 131 Å².